The zero-order valence-corrected chi connectivity index (χ0v) is 8.49. The molecular formula is C10H21N. The standard InChI is InChI=1S/C10H21N/c1-6-11-8-9(2)7-10(3,4)5/h7,11H,6,8H2,1-5H3. The SMILES string of the molecule is CCNCC(C)=CC(C)(C)C. The fraction of sp³-hybridized carbons (Fsp3) is 0.800. The van der Waals surface area contributed by atoms with E-state index in [0.29, 0.717) is 5.41 Å². The predicted octanol–water partition coefficient (Wildman–Crippen LogP) is 2.59. The highest BCUT2D eigenvalue weighted by Crippen LogP contribution is 2.16. The summed E-state index contributed by atoms with van der Waals surface area (Å²) in [6, 6.07) is 0. The Morgan fingerprint density at radius 1 is 1.36 bits per heavy atom. The Morgan fingerprint density at radius 3 is 2.27 bits per heavy atom. The number of nitrogens with one attached hydrogen (secondary N) is 1. The molecule has 0 atom stereocenters. The topological polar surface area (TPSA) is 12.0 Å². The minimum Gasteiger partial charge on any atom is -0.313 e. The van der Waals surface area contributed by atoms with Gasteiger partial charge in [-0.15, -0.1) is 0 Å². The zero-order chi connectivity index (χ0) is 8.91. The monoisotopic (exact) mass is 155 g/mol. The Labute approximate surface area is 70.9 Å². The van der Waals surface area contributed by atoms with Gasteiger partial charge in [0, 0.05) is 6.54 Å². The van der Waals surface area contributed by atoms with Crippen molar-refractivity contribution in [3.05, 3.63) is 11.6 Å². The number of rotatable bonds is 3. The summed E-state index contributed by atoms with van der Waals surface area (Å²) in [5, 5.41) is 3.30. The van der Waals surface area contributed by atoms with Gasteiger partial charge < -0.3 is 5.32 Å². The van der Waals surface area contributed by atoms with Crippen LogP contribution in [-0.4, -0.2) is 13.1 Å². The summed E-state index contributed by atoms with van der Waals surface area (Å²) >= 11 is 0. The maximum absolute atomic E-state index is 3.30. The smallest absolute Gasteiger partial charge is 0.0161 e. The number of likely N-dealkylation sites (N-methyl/N-ethyl adjacent to an activating group) is 1. The van der Waals surface area contributed by atoms with Crippen LogP contribution < -0.4 is 5.32 Å². The molecule has 0 aromatic heterocycles. The summed E-state index contributed by atoms with van der Waals surface area (Å²) in [4.78, 5) is 0. The first-order chi connectivity index (χ1) is 4.95. The second-order valence-corrected chi connectivity index (χ2v) is 4.14. The predicted molar refractivity (Wildman–Crippen MR) is 51.8 cm³/mol. The minimum atomic E-state index is 0.319. The van der Waals surface area contributed by atoms with Crippen LogP contribution in [0.25, 0.3) is 0 Å². The fourth-order valence-electron chi connectivity index (χ4n) is 1.11. The molecule has 0 aromatic carbocycles. The molecule has 1 heteroatoms. The summed E-state index contributed by atoms with van der Waals surface area (Å²) in [6.07, 6.45) is 2.32. The molecule has 0 bridgehead atoms. The van der Waals surface area contributed by atoms with Crippen molar-refractivity contribution in [1.82, 2.24) is 5.32 Å². The van der Waals surface area contributed by atoms with Crippen molar-refractivity contribution in [2.24, 2.45) is 5.41 Å². The van der Waals surface area contributed by atoms with Crippen molar-refractivity contribution < 1.29 is 0 Å². The fourth-order valence-corrected chi connectivity index (χ4v) is 1.11. The first-order valence-corrected chi connectivity index (χ1v) is 4.35. The van der Waals surface area contributed by atoms with E-state index in [-0.39, 0.29) is 0 Å². The Kier molecular flexibility index (Phi) is 4.43. The van der Waals surface area contributed by atoms with E-state index in [2.05, 4.69) is 46.0 Å². The first kappa shape index (κ1) is 10.7. The van der Waals surface area contributed by atoms with Crippen molar-refractivity contribution in [1.29, 1.82) is 0 Å². The Bertz CT molecular complexity index is 128. The molecular weight excluding hydrogens is 134 g/mol. The van der Waals surface area contributed by atoms with Gasteiger partial charge >= 0.3 is 0 Å². The van der Waals surface area contributed by atoms with Crippen LogP contribution in [0.3, 0.4) is 0 Å². The van der Waals surface area contributed by atoms with Crippen LogP contribution in [0.15, 0.2) is 11.6 Å². The van der Waals surface area contributed by atoms with Crippen LogP contribution in [0.2, 0.25) is 0 Å². The van der Waals surface area contributed by atoms with Crippen molar-refractivity contribution >= 4 is 0 Å². The van der Waals surface area contributed by atoms with Gasteiger partial charge in [0.1, 0.15) is 0 Å². The van der Waals surface area contributed by atoms with Crippen LogP contribution in [0, 0.1) is 5.41 Å². The lowest BCUT2D eigenvalue weighted by atomic mass is 9.94. The quantitative estimate of drug-likeness (QED) is 0.618. The number of hydrogen-bond acceptors (Lipinski definition) is 1. The molecule has 0 saturated carbocycles. The second-order valence-electron chi connectivity index (χ2n) is 4.14. The Morgan fingerprint density at radius 2 is 1.91 bits per heavy atom. The van der Waals surface area contributed by atoms with Crippen molar-refractivity contribution in [2.45, 2.75) is 34.6 Å². The molecule has 1 nitrogen and oxygen atoms in total. The van der Waals surface area contributed by atoms with Crippen molar-refractivity contribution in [2.75, 3.05) is 13.1 Å². The van der Waals surface area contributed by atoms with Crippen LogP contribution in [-0.2, 0) is 0 Å². The van der Waals surface area contributed by atoms with Gasteiger partial charge in [0.15, 0.2) is 0 Å². The summed E-state index contributed by atoms with van der Waals surface area (Å²) in [7, 11) is 0. The normalized spacial score (nSPS) is 13.7. The van der Waals surface area contributed by atoms with Gasteiger partial charge in [0.05, 0.1) is 0 Å². The summed E-state index contributed by atoms with van der Waals surface area (Å²) < 4.78 is 0. The molecule has 11 heavy (non-hydrogen) atoms. The highest BCUT2D eigenvalue weighted by atomic mass is 14.8. The minimum absolute atomic E-state index is 0.319. The molecule has 0 aliphatic heterocycles. The third-order valence-corrected chi connectivity index (χ3v) is 1.33. The molecule has 0 rings (SSSR count). The molecule has 0 unspecified atom stereocenters. The second kappa shape index (κ2) is 4.55. The van der Waals surface area contributed by atoms with Gasteiger partial charge in [-0.3, -0.25) is 0 Å². The van der Waals surface area contributed by atoms with E-state index in [4.69, 9.17) is 0 Å². The lowest BCUT2D eigenvalue weighted by Crippen LogP contribution is -2.16. The van der Waals surface area contributed by atoms with Crippen LogP contribution in [0.5, 0.6) is 0 Å². The molecule has 66 valence electrons. The number of hydrogen-bond donors (Lipinski definition) is 1. The highest BCUT2D eigenvalue weighted by molar-refractivity contribution is 5.05. The summed E-state index contributed by atoms with van der Waals surface area (Å²) in [5.41, 5.74) is 1.75. The third-order valence-electron chi connectivity index (χ3n) is 1.33. The van der Waals surface area contributed by atoms with Gasteiger partial charge in [-0.2, -0.15) is 0 Å². The lowest BCUT2D eigenvalue weighted by Gasteiger charge is -2.14. The molecule has 0 heterocycles. The average molecular weight is 155 g/mol. The van der Waals surface area contributed by atoms with Gasteiger partial charge in [0.25, 0.3) is 0 Å². The Hall–Kier alpha value is -0.300. The van der Waals surface area contributed by atoms with Crippen LogP contribution >= 0.6 is 0 Å². The molecule has 1 N–H and O–H groups in total. The van der Waals surface area contributed by atoms with Crippen molar-refractivity contribution in [3.63, 3.8) is 0 Å². The largest absolute Gasteiger partial charge is 0.313 e. The van der Waals surface area contributed by atoms with E-state index < -0.39 is 0 Å². The molecule has 0 radical (unpaired) electrons. The van der Waals surface area contributed by atoms with Gasteiger partial charge in [-0.25, -0.2) is 0 Å². The van der Waals surface area contributed by atoms with Gasteiger partial charge in [-0.1, -0.05) is 39.3 Å². The average Bonchev–Trinajstić information content (AvgIpc) is 1.79. The van der Waals surface area contributed by atoms with Crippen molar-refractivity contribution in [3.8, 4) is 0 Å². The molecule has 0 aliphatic rings. The molecule has 0 fully saturated rings. The van der Waals surface area contributed by atoms with E-state index >= 15 is 0 Å². The molecule has 0 amide bonds. The maximum atomic E-state index is 3.30. The zero-order valence-electron chi connectivity index (χ0n) is 8.49. The Balaban J connectivity index is 3.81. The van der Waals surface area contributed by atoms with Gasteiger partial charge in [0.2, 0.25) is 0 Å². The molecule has 0 aliphatic carbocycles. The van der Waals surface area contributed by atoms with E-state index in [0.717, 1.165) is 13.1 Å². The lowest BCUT2D eigenvalue weighted by molar-refractivity contribution is 0.537. The van der Waals surface area contributed by atoms with E-state index in [1.165, 1.54) is 5.57 Å². The molecule has 0 saturated heterocycles. The van der Waals surface area contributed by atoms with Crippen LogP contribution in [0.4, 0.5) is 0 Å². The van der Waals surface area contributed by atoms with Gasteiger partial charge in [-0.05, 0) is 18.9 Å². The molecule has 0 aromatic rings. The highest BCUT2D eigenvalue weighted by Gasteiger charge is 2.05. The molecule has 0 spiro atoms. The summed E-state index contributed by atoms with van der Waals surface area (Å²) in [6.45, 7) is 13.1. The van der Waals surface area contributed by atoms with Crippen LogP contribution in [0.1, 0.15) is 34.6 Å². The summed E-state index contributed by atoms with van der Waals surface area (Å²) in [5.74, 6) is 0. The maximum Gasteiger partial charge on any atom is 0.0161 e. The van der Waals surface area contributed by atoms with E-state index in [1.54, 1.807) is 0 Å². The van der Waals surface area contributed by atoms with E-state index in [9.17, 15) is 0 Å². The first-order valence-electron chi connectivity index (χ1n) is 4.35. The van der Waals surface area contributed by atoms with E-state index in [1.807, 2.05) is 0 Å². The third kappa shape index (κ3) is 7.60. The number of allylic oxidation sites excluding steroid dienone is 1.